The van der Waals surface area contributed by atoms with E-state index in [-0.39, 0.29) is 11.7 Å². The van der Waals surface area contributed by atoms with E-state index in [9.17, 15) is 9.18 Å². The minimum atomic E-state index is -0.687. The maximum Gasteiger partial charge on any atom is 0.261 e. The number of amides is 1. The van der Waals surface area contributed by atoms with Crippen molar-refractivity contribution in [3.05, 3.63) is 90.0 Å². The molecule has 3 rings (SSSR count). The van der Waals surface area contributed by atoms with E-state index in [1.807, 2.05) is 36.4 Å². The lowest BCUT2D eigenvalue weighted by atomic mass is 10.2. The summed E-state index contributed by atoms with van der Waals surface area (Å²) < 4.78 is 24.1. The van der Waals surface area contributed by atoms with E-state index in [0.29, 0.717) is 18.9 Å². The van der Waals surface area contributed by atoms with Crippen LogP contribution in [0, 0.1) is 5.82 Å². The Hall–Kier alpha value is -3.41. The van der Waals surface area contributed by atoms with Gasteiger partial charge in [0.2, 0.25) is 0 Å². The standard InChI is InChI=1S/C22H21FN2O3/c1-16(28-21-10-6-19(23)7-11-21)22(26)25-14-17-4-8-20(9-5-17)27-15-18-3-2-12-24-13-18/h2-13,16H,14-15H2,1H3,(H,25,26). The zero-order valence-electron chi connectivity index (χ0n) is 15.5. The van der Waals surface area contributed by atoms with Crippen LogP contribution in [0.25, 0.3) is 0 Å². The first-order chi connectivity index (χ1) is 13.6. The van der Waals surface area contributed by atoms with Crippen molar-refractivity contribution in [3.8, 4) is 11.5 Å². The molecule has 0 spiro atoms. The van der Waals surface area contributed by atoms with Gasteiger partial charge in [-0.3, -0.25) is 9.78 Å². The number of rotatable bonds is 8. The number of nitrogens with one attached hydrogen (secondary N) is 1. The lowest BCUT2D eigenvalue weighted by Crippen LogP contribution is -2.35. The summed E-state index contributed by atoms with van der Waals surface area (Å²) in [6.07, 6.45) is 2.80. The van der Waals surface area contributed by atoms with Gasteiger partial charge in [0.1, 0.15) is 23.9 Å². The van der Waals surface area contributed by atoms with E-state index in [4.69, 9.17) is 9.47 Å². The van der Waals surface area contributed by atoms with Crippen LogP contribution >= 0.6 is 0 Å². The highest BCUT2D eigenvalue weighted by molar-refractivity contribution is 5.80. The predicted octanol–water partition coefficient (Wildman–Crippen LogP) is 3.88. The molecular formula is C22H21FN2O3. The van der Waals surface area contributed by atoms with Gasteiger partial charge in [-0.15, -0.1) is 0 Å². The second-order valence-electron chi connectivity index (χ2n) is 6.23. The van der Waals surface area contributed by atoms with Crippen molar-refractivity contribution in [3.63, 3.8) is 0 Å². The number of aromatic nitrogens is 1. The lowest BCUT2D eigenvalue weighted by Gasteiger charge is -2.15. The molecular weight excluding hydrogens is 359 g/mol. The Kier molecular flexibility index (Phi) is 6.57. The van der Waals surface area contributed by atoms with Gasteiger partial charge in [0.05, 0.1) is 0 Å². The molecule has 0 aliphatic heterocycles. The summed E-state index contributed by atoms with van der Waals surface area (Å²) in [5, 5.41) is 2.82. The monoisotopic (exact) mass is 380 g/mol. The molecule has 1 atom stereocenters. The van der Waals surface area contributed by atoms with Gasteiger partial charge in [0, 0.05) is 24.5 Å². The van der Waals surface area contributed by atoms with E-state index >= 15 is 0 Å². The van der Waals surface area contributed by atoms with Crippen LogP contribution in [0.4, 0.5) is 4.39 Å². The molecule has 0 saturated heterocycles. The van der Waals surface area contributed by atoms with E-state index in [1.165, 1.54) is 24.3 Å². The van der Waals surface area contributed by atoms with E-state index in [2.05, 4.69) is 10.3 Å². The van der Waals surface area contributed by atoms with Crippen LogP contribution in [0.1, 0.15) is 18.1 Å². The molecule has 144 valence electrons. The summed E-state index contributed by atoms with van der Waals surface area (Å²) in [6, 6.07) is 16.9. The third-order valence-electron chi connectivity index (χ3n) is 4.01. The SMILES string of the molecule is CC(Oc1ccc(F)cc1)C(=O)NCc1ccc(OCc2cccnc2)cc1. The number of ether oxygens (including phenoxy) is 2. The average molecular weight is 380 g/mol. The molecule has 2 aromatic carbocycles. The molecule has 5 nitrogen and oxygen atoms in total. The highest BCUT2D eigenvalue weighted by atomic mass is 19.1. The topological polar surface area (TPSA) is 60.5 Å². The van der Waals surface area contributed by atoms with Gasteiger partial charge in [0.15, 0.2) is 6.10 Å². The summed E-state index contributed by atoms with van der Waals surface area (Å²) in [7, 11) is 0. The minimum Gasteiger partial charge on any atom is -0.489 e. The van der Waals surface area contributed by atoms with Gasteiger partial charge >= 0.3 is 0 Å². The highest BCUT2D eigenvalue weighted by Gasteiger charge is 2.14. The molecule has 0 radical (unpaired) electrons. The Balaban J connectivity index is 1.44. The number of hydrogen-bond acceptors (Lipinski definition) is 4. The molecule has 28 heavy (non-hydrogen) atoms. The molecule has 0 aliphatic rings. The smallest absolute Gasteiger partial charge is 0.261 e. The second kappa shape index (κ2) is 9.50. The van der Waals surface area contributed by atoms with Crippen LogP contribution in [0.15, 0.2) is 73.1 Å². The second-order valence-corrected chi connectivity index (χ2v) is 6.23. The normalized spacial score (nSPS) is 11.5. The number of nitrogens with zero attached hydrogens (tertiary/aromatic N) is 1. The van der Waals surface area contributed by atoms with Gasteiger partial charge in [-0.1, -0.05) is 18.2 Å². The molecule has 1 heterocycles. The third kappa shape index (κ3) is 5.81. The fourth-order valence-electron chi connectivity index (χ4n) is 2.46. The predicted molar refractivity (Wildman–Crippen MR) is 103 cm³/mol. The largest absolute Gasteiger partial charge is 0.489 e. The Labute approximate surface area is 163 Å². The number of halogens is 1. The zero-order chi connectivity index (χ0) is 19.8. The van der Waals surface area contributed by atoms with Crippen molar-refractivity contribution < 1.29 is 18.7 Å². The van der Waals surface area contributed by atoms with Gasteiger partial charge in [0.25, 0.3) is 5.91 Å². The molecule has 0 saturated carbocycles. The van der Waals surface area contributed by atoms with E-state index in [0.717, 1.165) is 16.9 Å². The summed E-state index contributed by atoms with van der Waals surface area (Å²) in [6.45, 7) is 2.47. The highest BCUT2D eigenvalue weighted by Crippen LogP contribution is 2.15. The van der Waals surface area contributed by atoms with Crippen LogP contribution in [0.2, 0.25) is 0 Å². The zero-order valence-corrected chi connectivity index (χ0v) is 15.5. The van der Waals surface area contributed by atoms with Crippen LogP contribution in [-0.4, -0.2) is 17.0 Å². The van der Waals surface area contributed by atoms with E-state index < -0.39 is 6.10 Å². The summed E-state index contributed by atoms with van der Waals surface area (Å²) in [4.78, 5) is 16.2. The van der Waals surface area contributed by atoms with Crippen molar-refractivity contribution in [1.29, 1.82) is 0 Å². The van der Waals surface area contributed by atoms with Crippen molar-refractivity contribution in [2.24, 2.45) is 0 Å². The Bertz CT molecular complexity index is 884. The van der Waals surface area contributed by atoms with Crippen LogP contribution < -0.4 is 14.8 Å². The fraction of sp³-hybridized carbons (Fsp3) is 0.182. The van der Waals surface area contributed by atoms with Crippen LogP contribution in [0.3, 0.4) is 0 Å². The summed E-state index contributed by atoms with van der Waals surface area (Å²) in [5.74, 6) is 0.588. The van der Waals surface area contributed by atoms with E-state index in [1.54, 1.807) is 19.3 Å². The fourth-order valence-corrected chi connectivity index (χ4v) is 2.46. The average Bonchev–Trinajstić information content (AvgIpc) is 2.73. The molecule has 3 aromatic rings. The molecule has 1 aromatic heterocycles. The number of hydrogen-bond donors (Lipinski definition) is 1. The Morgan fingerprint density at radius 3 is 2.43 bits per heavy atom. The van der Waals surface area contributed by atoms with Gasteiger partial charge in [-0.2, -0.15) is 0 Å². The summed E-state index contributed by atoms with van der Waals surface area (Å²) in [5.41, 5.74) is 1.94. The molecule has 1 N–H and O–H groups in total. The van der Waals surface area contributed by atoms with Gasteiger partial charge in [-0.25, -0.2) is 4.39 Å². The first-order valence-corrected chi connectivity index (χ1v) is 8.91. The molecule has 1 amide bonds. The molecule has 0 bridgehead atoms. The van der Waals surface area contributed by atoms with Crippen LogP contribution in [-0.2, 0) is 17.9 Å². The first kappa shape index (κ1) is 19.4. The number of carbonyl (C=O) groups excluding carboxylic acids is 1. The van der Waals surface area contributed by atoms with Crippen molar-refractivity contribution >= 4 is 5.91 Å². The van der Waals surface area contributed by atoms with Crippen molar-refractivity contribution in [2.45, 2.75) is 26.2 Å². The first-order valence-electron chi connectivity index (χ1n) is 8.91. The number of carbonyl (C=O) groups is 1. The Morgan fingerprint density at radius 2 is 1.75 bits per heavy atom. The quantitative estimate of drug-likeness (QED) is 0.644. The van der Waals surface area contributed by atoms with Gasteiger partial charge in [-0.05, 0) is 55.0 Å². The van der Waals surface area contributed by atoms with Crippen molar-refractivity contribution in [2.75, 3.05) is 0 Å². The maximum atomic E-state index is 12.9. The molecule has 6 heteroatoms. The number of pyridine rings is 1. The number of benzene rings is 2. The van der Waals surface area contributed by atoms with Crippen LogP contribution in [0.5, 0.6) is 11.5 Å². The van der Waals surface area contributed by atoms with Gasteiger partial charge < -0.3 is 14.8 Å². The minimum absolute atomic E-state index is 0.249. The maximum absolute atomic E-state index is 12.9. The summed E-state index contributed by atoms with van der Waals surface area (Å²) >= 11 is 0. The lowest BCUT2D eigenvalue weighted by molar-refractivity contribution is -0.127. The molecule has 1 unspecified atom stereocenters. The van der Waals surface area contributed by atoms with Crippen molar-refractivity contribution in [1.82, 2.24) is 10.3 Å². The Morgan fingerprint density at radius 1 is 1.04 bits per heavy atom. The molecule has 0 fully saturated rings. The third-order valence-corrected chi connectivity index (χ3v) is 4.01. The molecule has 0 aliphatic carbocycles.